The molecular weight excluding hydrogens is 304 g/mol. The Kier molecular flexibility index (Phi) is 5.89. The number of piperazine rings is 1. The molecule has 0 saturated carbocycles. The Morgan fingerprint density at radius 1 is 1.09 bits per heavy atom. The van der Waals surface area contributed by atoms with Gasteiger partial charge in [0.2, 0.25) is 5.91 Å². The van der Waals surface area contributed by atoms with E-state index in [1.807, 2.05) is 31.2 Å². The van der Waals surface area contributed by atoms with Gasteiger partial charge in [-0.2, -0.15) is 0 Å². The van der Waals surface area contributed by atoms with Crippen LogP contribution in [-0.4, -0.2) is 56.1 Å². The molecule has 0 atom stereocenters. The maximum atomic E-state index is 12.0. The van der Waals surface area contributed by atoms with Crippen LogP contribution >= 0.6 is 11.6 Å². The quantitative estimate of drug-likeness (QED) is 0.877. The summed E-state index contributed by atoms with van der Waals surface area (Å²) in [5.74, 6) is -0.171. The molecule has 1 heterocycles. The molecule has 2 N–H and O–H groups in total. The number of likely N-dealkylation sites (N-methyl/N-ethyl adjacent to an activating group) is 1. The minimum Gasteiger partial charge on any atom is -0.368 e. The number of nitrogens with zero attached hydrogens (tertiary/aromatic N) is 2. The molecule has 1 saturated heterocycles. The van der Waals surface area contributed by atoms with Crippen LogP contribution in [0, 0.1) is 0 Å². The van der Waals surface area contributed by atoms with E-state index in [2.05, 4.69) is 15.5 Å². The first kappa shape index (κ1) is 16.4. The van der Waals surface area contributed by atoms with Crippen LogP contribution < -0.4 is 15.5 Å². The van der Waals surface area contributed by atoms with Gasteiger partial charge in [0.25, 0.3) is 0 Å². The summed E-state index contributed by atoms with van der Waals surface area (Å²) in [6.07, 6.45) is 0. The number of nitrogens with one attached hydrogen (secondary N) is 2. The van der Waals surface area contributed by atoms with E-state index < -0.39 is 0 Å². The van der Waals surface area contributed by atoms with Gasteiger partial charge in [0.1, 0.15) is 0 Å². The molecular formula is C15H21ClN4O2. The summed E-state index contributed by atoms with van der Waals surface area (Å²) in [6, 6.07) is 7.49. The van der Waals surface area contributed by atoms with Crippen LogP contribution in [0.25, 0.3) is 0 Å². The maximum Gasteiger partial charge on any atom is 0.317 e. The van der Waals surface area contributed by atoms with Crippen molar-refractivity contribution in [3.05, 3.63) is 29.3 Å². The number of carbonyl (C=O) groups is 2. The van der Waals surface area contributed by atoms with Crippen molar-refractivity contribution in [2.45, 2.75) is 6.92 Å². The van der Waals surface area contributed by atoms with E-state index >= 15 is 0 Å². The van der Waals surface area contributed by atoms with Crippen molar-refractivity contribution < 1.29 is 9.59 Å². The van der Waals surface area contributed by atoms with Crippen LogP contribution in [0.2, 0.25) is 5.02 Å². The Morgan fingerprint density at radius 3 is 2.32 bits per heavy atom. The fourth-order valence-electron chi connectivity index (χ4n) is 2.35. The highest BCUT2D eigenvalue weighted by molar-refractivity contribution is 6.30. The molecule has 6 nitrogen and oxygen atoms in total. The largest absolute Gasteiger partial charge is 0.368 e. The van der Waals surface area contributed by atoms with Gasteiger partial charge in [0.05, 0.1) is 6.54 Å². The van der Waals surface area contributed by atoms with Crippen LogP contribution in [0.1, 0.15) is 6.92 Å². The first-order valence-electron chi connectivity index (χ1n) is 7.40. The molecule has 0 radical (unpaired) electrons. The Morgan fingerprint density at radius 2 is 1.73 bits per heavy atom. The van der Waals surface area contributed by atoms with Gasteiger partial charge in [-0.25, -0.2) is 4.79 Å². The van der Waals surface area contributed by atoms with Gasteiger partial charge >= 0.3 is 6.03 Å². The van der Waals surface area contributed by atoms with Gasteiger partial charge < -0.3 is 20.4 Å². The SMILES string of the molecule is CCNC(=O)CNC(=O)N1CCN(c2ccc(Cl)cc2)CC1. The van der Waals surface area contributed by atoms with Crippen molar-refractivity contribution in [1.29, 1.82) is 0 Å². The fraction of sp³-hybridized carbons (Fsp3) is 0.467. The third-order valence-electron chi connectivity index (χ3n) is 3.53. The Bertz CT molecular complexity index is 513. The molecule has 2 rings (SSSR count). The number of benzene rings is 1. The fourth-order valence-corrected chi connectivity index (χ4v) is 2.47. The lowest BCUT2D eigenvalue weighted by molar-refractivity contribution is -0.120. The number of hydrogen-bond donors (Lipinski definition) is 2. The van der Waals surface area contributed by atoms with Crippen LogP contribution in [0.15, 0.2) is 24.3 Å². The van der Waals surface area contributed by atoms with Gasteiger partial charge in [-0.3, -0.25) is 4.79 Å². The number of anilines is 1. The predicted octanol–water partition coefficient (Wildman–Crippen LogP) is 1.31. The number of amides is 3. The highest BCUT2D eigenvalue weighted by atomic mass is 35.5. The summed E-state index contributed by atoms with van der Waals surface area (Å²) >= 11 is 5.89. The maximum absolute atomic E-state index is 12.0. The highest BCUT2D eigenvalue weighted by Gasteiger charge is 2.21. The molecule has 7 heteroatoms. The average Bonchev–Trinajstić information content (AvgIpc) is 2.54. The summed E-state index contributed by atoms with van der Waals surface area (Å²) in [6.45, 7) is 5.20. The van der Waals surface area contributed by atoms with Gasteiger partial charge in [-0.15, -0.1) is 0 Å². The summed E-state index contributed by atoms with van der Waals surface area (Å²) in [5, 5.41) is 6.00. The van der Waals surface area contributed by atoms with Crippen LogP contribution in [0.5, 0.6) is 0 Å². The number of hydrogen-bond acceptors (Lipinski definition) is 3. The van der Waals surface area contributed by atoms with Crippen LogP contribution in [0.4, 0.5) is 10.5 Å². The van der Waals surface area contributed by atoms with E-state index in [0.29, 0.717) is 24.7 Å². The molecule has 22 heavy (non-hydrogen) atoms. The summed E-state index contributed by atoms with van der Waals surface area (Å²) in [7, 11) is 0. The van der Waals surface area contributed by atoms with Gasteiger partial charge in [0, 0.05) is 43.4 Å². The zero-order valence-electron chi connectivity index (χ0n) is 12.6. The first-order valence-corrected chi connectivity index (χ1v) is 7.78. The number of rotatable bonds is 4. The molecule has 120 valence electrons. The normalized spacial score (nSPS) is 14.6. The molecule has 0 spiro atoms. The molecule has 1 aromatic carbocycles. The topological polar surface area (TPSA) is 64.7 Å². The van der Waals surface area contributed by atoms with Crippen molar-refractivity contribution >= 4 is 29.2 Å². The lowest BCUT2D eigenvalue weighted by Gasteiger charge is -2.36. The van der Waals surface area contributed by atoms with Crippen LogP contribution in [0.3, 0.4) is 0 Å². The second kappa shape index (κ2) is 7.89. The third kappa shape index (κ3) is 4.53. The number of carbonyl (C=O) groups excluding carboxylic acids is 2. The third-order valence-corrected chi connectivity index (χ3v) is 3.78. The predicted molar refractivity (Wildman–Crippen MR) is 87.3 cm³/mol. The van der Waals surface area contributed by atoms with Gasteiger partial charge in [-0.1, -0.05) is 11.6 Å². The van der Waals surface area contributed by atoms with Crippen molar-refractivity contribution in [2.24, 2.45) is 0 Å². The molecule has 1 fully saturated rings. The standard InChI is InChI=1S/C15H21ClN4O2/c1-2-17-14(21)11-18-15(22)20-9-7-19(8-10-20)13-5-3-12(16)4-6-13/h3-6H,2,7-11H2,1H3,(H,17,21)(H,18,22). The van der Waals surface area contributed by atoms with Crippen molar-refractivity contribution in [3.63, 3.8) is 0 Å². The van der Waals surface area contributed by atoms with E-state index in [1.54, 1.807) is 4.90 Å². The minimum absolute atomic E-state index is 0.0179. The average molecular weight is 325 g/mol. The second-order valence-corrected chi connectivity index (χ2v) is 5.50. The lowest BCUT2D eigenvalue weighted by Crippen LogP contribution is -2.53. The summed E-state index contributed by atoms with van der Waals surface area (Å²) < 4.78 is 0. The monoisotopic (exact) mass is 324 g/mol. The van der Waals surface area contributed by atoms with Gasteiger partial charge in [-0.05, 0) is 31.2 Å². The molecule has 1 aromatic rings. The Balaban J connectivity index is 1.78. The lowest BCUT2D eigenvalue weighted by atomic mass is 10.2. The van der Waals surface area contributed by atoms with E-state index in [0.717, 1.165) is 18.8 Å². The van der Waals surface area contributed by atoms with E-state index in [9.17, 15) is 9.59 Å². The van der Waals surface area contributed by atoms with E-state index in [1.165, 1.54) is 0 Å². The van der Waals surface area contributed by atoms with E-state index in [4.69, 9.17) is 11.6 Å². The molecule has 0 aliphatic carbocycles. The Hall–Kier alpha value is -1.95. The summed E-state index contributed by atoms with van der Waals surface area (Å²) in [4.78, 5) is 27.3. The molecule has 0 unspecified atom stereocenters. The molecule has 0 aromatic heterocycles. The summed E-state index contributed by atoms with van der Waals surface area (Å²) in [5.41, 5.74) is 1.10. The zero-order chi connectivity index (χ0) is 15.9. The van der Waals surface area contributed by atoms with Crippen molar-refractivity contribution in [3.8, 4) is 0 Å². The minimum atomic E-state index is -0.193. The van der Waals surface area contributed by atoms with Crippen molar-refractivity contribution in [2.75, 3.05) is 44.2 Å². The second-order valence-electron chi connectivity index (χ2n) is 5.06. The van der Waals surface area contributed by atoms with E-state index in [-0.39, 0.29) is 18.5 Å². The first-order chi connectivity index (χ1) is 10.6. The molecule has 3 amide bonds. The molecule has 0 bridgehead atoms. The number of urea groups is 1. The van der Waals surface area contributed by atoms with Crippen molar-refractivity contribution in [1.82, 2.24) is 15.5 Å². The highest BCUT2D eigenvalue weighted by Crippen LogP contribution is 2.19. The van der Waals surface area contributed by atoms with Crippen LogP contribution in [-0.2, 0) is 4.79 Å². The smallest absolute Gasteiger partial charge is 0.317 e. The Labute approximate surface area is 135 Å². The number of halogens is 1. The zero-order valence-corrected chi connectivity index (χ0v) is 13.4. The molecule has 1 aliphatic heterocycles. The van der Waals surface area contributed by atoms with Gasteiger partial charge in [0.15, 0.2) is 0 Å². The molecule has 1 aliphatic rings.